The maximum absolute atomic E-state index is 13.0. The average Bonchev–Trinajstić information content (AvgIpc) is 3.19. The zero-order valence-corrected chi connectivity index (χ0v) is 15.5. The third-order valence-corrected chi connectivity index (χ3v) is 4.00. The summed E-state index contributed by atoms with van der Waals surface area (Å²) in [7, 11) is 1.58. The van der Waals surface area contributed by atoms with Gasteiger partial charge in [-0.05, 0) is 36.4 Å². The molecule has 0 spiro atoms. The van der Waals surface area contributed by atoms with Gasteiger partial charge in [-0.2, -0.15) is 0 Å². The Bertz CT molecular complexity index is 909. The largest absolute Gasteiger partial charge is 0.493 e. The van der Waals surface area contributed by atoms with Gasteiger partial charge in [-0.3, -0.25) is 4.79 Å². The molecule has 0 bridgehead atoms. The highest BCUT2D eigenvalue weighted by Gasteiger charge is 2.09. The predicted octanol–water partition coefficient (Wildman–Crippen LogP) is 3.62. The molecule has 3 rings (SSSR count). The molecule has 3 aromatic rings. The normalized spacial score (nSPS) is 10.5. The van der Waals surface area contributed by atoms with Gasteiger partial charge in [-0.15, -0.1) is 0 Å². The van der Waals surface area contributed by atoms with Crippen molar-refractivity contribution in [3.63, 3.8) is 0 Å². The highest BCUT2D eigenvalue weighted by Crippen LogP contribution is 2.25. The maximum atomic E-state index is 13.0. The Morgan fingerprint density at radius 3 is 2.64 bits per heavy atom. The molecule has 1 amide bonds. The van der Waals surface area contributed by atoms with E-state index in [0.717, 1.165) is 5.56 Å². The van der Waals surface area contributed by atoms with Crippen molar-refractivity contribution < 1.29 is 23.1 Å². The van der Waals surface area contributed by atoms with Crippen molar-refractivity contribution in [2.75, 3.05) is 20.3 Å². The predicted molar refractivity (Wildman–Crippen MR) is 102 cm³/mol. The van der Waals surface area contributed by atoms with E-state index in [2.05, 4.69) is 10.3 Å². The minimum absolute atomic E-state index is 0.120. The molecular formula is C21H21FN2O4. The van der Waals surface area contributed by atoms with E-state index in [4.69, 9.17) is 13.9 Å². The molecule has 0 aliphatic rings. The van der Waals surface area contributed by atoms with E-state index in [1.165, 1.54) is 12.1 Å². The molecule has 0 radical (unpaired) electrons. The number of methoxy groups -OCH3 is 1. The fraction of sp³-hybridized carbons (Fsp3) is 0.238. The number of ether oxygens (including phenoxy) is 2. The van der Waals surface area contributed by atoms with Gasteiger partial charge >= 0.3 is 0 Å². The van der Waals surface area contributed by atoms with E-state index in [0.29, 0.717) is 42.7 Å². The number of carbonyl (C=O) groups excluding carboxylic acids is 1. The first-order valence-corrected chi connectivity index (χ1v) is 8.89. The summed E-state index contributed by atoms with van der Waals surface area (Å²) in [6.07, 6.45) is 2.19. The third kappa shape index (κ3) is 5.33. The van der Waals surface area contributed by atoms with Crippen LogP contribution in [0.4, 0.5) is 4.39 Å². The van der Waals surface area contributed by atoms with Crippen molar-refractivity contribution in [1.29, 1.82) is 0 Å². The monoisotopic (exact) mass is 384 g/mol. The van der Waals surface area contributed by atoms with Crippen LogP contribution in [-0.4, -0.2) is 31.2 Å². The number of aromatic nitrogens is 1. The summed E-state index contributed by atoms with van der Waals surface area (Å²) in [6, 6.07) is 13.3. The number of hydrogen-bond acceptors (Lipinski definition) is 5. The number of aryl methyl sites for hydroxylation is 1. The number of para-hydroxylation sites is 2. The Morgan fingerprint density at radius 1 is 1.14 bits per heavy atom. The fourth-order valence-corrected chi connectivity index (χ4v) is 2.57. The Labute approximate surface area is 162 Å². The molecule has 1 heterocycles. The second kappa shape index (κ2) is 9.55. The van der Waals surface area contributed by atoms with Gasteiger partial charge < -0.3 is 19.2 Å². The molecule has 0 aliphatic carbocycles. The zero-order valence-electron chi connectivity index (χ0n) is 15.5. The van der Waals surface area contributed by atoms with Crippen LogP contribution in [0.1, 0.15) is 12.3 Å². The highest BCUT2D eigenvalue weighted by atomic mass is 19.1. The SMILES string of the molecule is COc1ccccc1OCCNC(=O)CCc1ncc(-c2ccc(F)cc2)o1. The summed E-state index contributed by atoms with van der Waals surface area (Å²) in [5, 5.41) is 2.79. The van der Waals surface area contributed by atoms with Crippen molar-refractivity contribution in [1.82, 2.24) is 10.3 Å². The van der Waals surface area contributed by atoms with Crippen LogP contribution < -0.4 is 14.8 Å². The number of benzene rings is 2. The number of nitrogens with zero attached hydrogens (tertiary/aromatic N) is 1. The van der Waals surface area contributed by atoms with Crippen LogP contribution in [0.15, 0.2) is 59.1 Å². The zero-order chi connectivity index (χ0) is 19.8. The summed E-state index contributed by atoms with van der Waals surface area (Å²) >= 11 is 0. The van der Waals surface area contributed by atoms with Gasteiger partial charge in [0.25, 0.3) is 0 Å². The van der Waals surface area contributed by atoms with Gasteiger partial charge in [0.1, 0.15) is 12.4 Å². The van der Waals surface area contributed by atoms with Crippen molar-refractivity contribution in [2.24, 2.45) is 0 Å². The van der Waals surface area contributed by atoms with E-state index in [1.54, 1.807) is 25.4 Å². The lowest BCUT2D eigenvalue weighted by Crippen LogP contribution is -2.28. The molecule has 0 fully saturated rings. The quantitative estimate of drug-likeness (QED) is 0.571. The molecule has 7 heteroatoms. The van der Waals surface area contributed by atoms with Crippen LogP contribution in [0.25, 0.3) is 11.3 Å². The molecule has 0 saturated heterocycles. The molecule has 0 saturated carbocycles. The second-order valence-electron chi connectivity index (χ2n) is 5.97. The molecule has 28 heavy (non-hydrogen) atoms. The van der Waals surface area contributed by atoms with Crippen molar-refractivity contribution >= 4 is 5.91 Å². The van der Waals surface area contributed by atoms with Crippen LogP contribution >= 0.6 is 0 Å². The number of hydrogen-bond donors (Lipinski definition) is 1. The summed E-state index contributed by atoms with van der Waals surface area (Å²) < 4.78 is 29.4. The number of rotatable bonds is 9. The lowest BCUT2D eigenvalue weighted by Gasteiger charge is -2.10. The Kier molecular flexibility index (Phi) is 6.62. The van der Waals surface area contributed by atoms with Crippen molar-refractivity contribution in [3.8, 4) is 22.8 Å². The second-order valence-corrected chi connectivity index (χ2v) is 5.97. The van der Waals surface area contributed by atoms with Gasteiger partial charge in [0, 0.05) is 18.4 Å². The van der Waals surface area contributed by atoms with E-state index in [9.17, 15) is 9.18 Å². The first kappa shape index (κ1) is 19.4. The molecule has 0 unspecified atom stereocenters. The summed E-state index contributed by atoms with van der Waals surface area (Å²) in [5.74, 6) is 1.85. The summed E-state index contributed by atoms with van der Waals surface area (Å²) in [6.45, 7) is 0.711. The van der Waals surface area contributed by atoms with E-state index < -0.39 is 0 Å². The van der Waals surface area contributed by atoms with Crippen LogP contribution in [0.2, 0.25) is 0 Å². The highest BCUT2D eigenvalue weighted by molar-refractivity contribution is 5.76. The fourth-order valence-electron chi connectivity index (χ4n) is 2.57. The van der Waals surface area contributed by atoms with Gasteiger partial charge in [0.2, 0.25) is 5.91 Å². The topological polar surface area (TPSA) is 73.6 Å². The lowest BCUT2D eigenvalue weighted by molar-refractivity contribution is -0.121. The van der Waals surface area contributed by atoms with Crippen LogP contribution in [0.3, 0.4) is 0 Å². The number of oxazole rings is 1. The van der Waals surface area contributed by atoms with Crippen LogP contribution in [0.5, 0.6) is 11.5 Å². The summed E-state index contributed by atoms with van der Waals surface area (Å²) in [4.78, 5) is 16.1. The van der Waals surface area contributed by atoms with E-state index >= 15 is 0 Å². The van der Waals surface area contributed by atoms with E-state index in [-0.39, 0.29) is 18.1 Å². The molecule has 1 N–H and O–H groups in total. The first-order chi connectivity index (χ1) is 13.7. The Hall–Kier alpha value is -3.35. The van der Waals surface area contributed by atoms with E-state index in [1.807, 2.05) is 24.3 Å². The van der Waals surface area contributed by atoms with Crippen molar-refractivity contribution in [2.45, 2.75) is 12.8 Å². The van der Waals surface area contributed by atoms with Crippen molar-refractivity contribution in [3.05, 3.63) is 66.4 Å². The number of carbonyl (C=O) groups is 1. The number of amides is 1. The Balaban J connectivity index is 1.39. The van der Waals surface area contributed by atoms with Gasteiger partial charge in [-0.25, -0.2) is 9.37 Å². The van der Waals surface area contributed by atoms with Crippen LogP contribution in [-0.2, 0) is 11.2 Å². The molecule has 0 aliphatic heterocycles. The first-order valence-electron chi connectivity index (χ1n) is 8.89. The molecular weight excluding hydrogens is 363 g/mol. The summed E-state index contributed by atoms with van der Waals surface area (Å²) in [5.41, 5.74) is 0.734. The average molecular weight is 384 g/mol. The van der Waals surface area contributed by atoms with Gasteiger partial charge in [0.15, 0.2) is 23.1 Å². The molecule has 0 atom stereocenters. The minimum Gasteiger partial charge on any atom is -0.493 e. The molecule has 6 nitrogen and oxygen atoms in total. The number of halogens is 1. The molecule has 146 valence electrons. The van der Waals surface area contributed by atoms with Crippen LogP contribution in [0, 0.1) is 5.82 Å². The lowest BCUT2D eigenvalue weighted by atomic mass is 10.2. The Morgan fingerprint density at radius 2 is 1.89 bits per heavy atom. The van der Waals surface area contributed by atoms with Gasteiger partial charge in [-0.1, -0.05) is 12.1 Å². The minimum atomic E-state index is -0.310. The maximum Gasteiger partial charge on any atom is 0.220 e. The van der Waals surface area contributed by atoms with Gasteiger partial charge in [0.05, 0.1) is 19.9 Å². The third-order valence-electron chi connectivity index (χ3n) is 4.00. The number of nitrogens with one attached hydrogen (secondary N) is 1. The standard InChI is InChI=1S/C21H21FN2O4/c1-26-17-4-2-3-5-18(17)27-13-12-23-20(25)10-11-21-24-14-19(28-21)15-6-8-16(22)9-7-15/h2-9,14H,10-13H2,1H3,(H,23,25). The molecule has 1 aromatic heterocycles. The smallest absolute Gasteiger partial charge is 0.220 e. The molecule has 2 aromatic carbocycles.